The summed E-state index contributed by atoms with van der Waals surface area (Å²) in [6.07, 6.45) is 7.43. The van der Waals surface area contributed by atoms with E-state index >= 15 is 0 Å². The average molecular weight is 270 g/mol. The molecule has 2 heterocycles. The van der Waals surface area contributed by atoms with Crippen molar-refractivity contribution in [3.05, 3.63) is 53.5 Å². The highest BCUT2D eigenvalue weighted by atomic mass is 14.9. The number of aryl methyl sites for hydroxylation is 1. The molecule has 106 valence electrons. The Kier molecular flexibility index (Phi) is 5.07. The van der Waals surface area contributed by atoms with Crippen molar-refractivity contribution in [3.8, 4) is 0 Å². The molecule has 4 heteroatoms. The first kappa shape index (κ1) is 14.5. The van der Waals surface area contributed by atoms with Gasteiger partial charge in [0.25, 0.3) is 0 Å². The lowest BCUT2D eigenvalue weighted by molar-refractivity contribution is 0.529. The molecule has 0 aliphatic rings. The van der Waals surface area contributed by atoms with Gasteiger partial charge < -0.3 is 11.1 Å². The van der Waals surface area contributed by atoms with Crippen LogP contribution in [0.4, 0.5) is 5.82 Å². The van der Waals surface area contributed by atoms with Crippen molar-refractivity contribution in [2.45, 2.75) is 32.7 Å². The minimum atomic E-state index is 0.185. The smallest absolute Gasteiger partial charge is 0.128 e. The second-order valence-corrected chi connectivity index (χ2v) is 5.05. The number of nitrogen functional groups attached to an aromatic ring is 1. The first-order valence-electron chi connectivity index (χ1n) is 7.05. The summed E-state index contributed by atoms with van der Waals surface area (Å²) >= 11 is 0. The van der Waals surface area contributed by atoms with E-state index in [2.05, 4.69) is 28.3 Å². The molecule has 0 aromatic carbocycles. The molecule has 0 aliphatic heterocycles. The van der Waals surface area contributed by atoms with E-state index in [0.717, 1.165) is 30.5 Å². The lowest BCUT2D eigenvalue weighted by Crippen LogP contribution is -2.25. The molecule has 20 heavy (non-hydrogen) atoms. The fourth-order valence-electron chi connectivity index (χ4n) is 2.25. The van der Waals surface area contributed by atoms with Crippen molar-refractivity contribution in [3.63, 3.8) is 0 Å². The molecule has 0 bridgehead atoms. The second kappa shape index (κ2) is 7.01. The highest BCUT2D eigenvalue weighted by Crippen LogP contribution is 2.23. The van der Waals surface area contributed by atoms with Crippen LogP contribution in [0.5, 0.6) is 0 Å². The van der Waals surface area contributed by atoms with Gasteiger partial charge in [-0.2, -0.15) is 0 Å². The zero-order valence-electron chi connectivity index (χ0n) is 12.1. The van der Waals surface area contributed by atoms with Gasteiger partial charge in [0.1, 0.15) is 5.82 Å². The van der Waals surface area contributed by atoms with E-state index in [1.807, 2.05) is 37.6 Å². The largest absolute Gasteiger partial charge is 0.383 e. The van der Waals surface area contributed by atoms with Gasteiger partial charge in [-0.25, -0.2) is 4.98 Å². The Bertz CT molecular complexity index is 539. The number of rotatable bonds is 6. The molecular weight excluding hydrogens is 248 g/mol. The Morgan fingerprint density at radius 1 is 1.30 bits per heavy atom. The summed E-state index contributed by atoms with van der Waals surface area (Å²) in [7, 11) is 0. The van der Waals surface area contributed by atoms with E-state index in [-0.39, 0.29) is 6.04 Å². The van der Waals surface area contributed by atoms with E-state index in [1.54, 1.807) is 0 Å². The van der Waals surface area contributed by atoms with Crippen LogP contribution in [-0.4, -0.2) is 16.5 Å². The third-order valence-electron chi connectivity index (χ3n) is 3.29. The molecule has 1 unspecified atom stereocenters. The molecule has 3 N–H and O–H groups in total. The summed E-state index contributed by atoms with van der Waals surface area (Å²) in [5.74, 6) is 0.609. The van der Waals surface area contributed by atoms with Crippen LogP contribution in [0.15, 0.2) is 36.8 Å². The third kappa shape index (κ3) is 3.78. The second-order valence-electron chi connectivity index (χ2n) is 5.05. The van der Waals surface area contributed by atoms with Gasteiger partial charge in [-0.1, -0.05) is 6.92 Å². The molecule has 0 aliphatic carbocycles. The molecule has 0 amide bonds. The summed E-state index contributed by atoms with van der Waals surface area (Å²) in [6.45, 7) is 5.16. The Labute approximate surface area is 120 Å². The number of hydrogen-bond donors (Lipinski definition) is 2. The average Bonchev–Trinajstić information content (AvgIpc) is 2.47. The topological polar surface area (TPSA) is 63.8 Å². The van der Waals surface area contributed by atoms with E-state index in [9.17, 15) is 0 Å². The lowest BCUT2D eigenvalue weighted by Gasteiger charge is -2.20. The van der Waals surface area contributed by atoms with Gasteiger partial charge in [-0.3, -0.25) is 4.98 Å². The number of pyridine rings is 2. The number of aromatic nitrogens is 2. The maximum atomic E-state index is 6.05. The number of nitrogens with zero attached hydrogens (tertiary/aromatic N) is 2. The van der Waals surface area contributed by atoms with E-state index < -0.39 is 0 Å². The first-order valence-corrected chi connectivity index (χ1v) is 7.05. The van der Waals surface area contributed by atoms with Gasteiger partial charge in [0.05, 0.1) is 0 Å². The normalized spacial score (nSPS) is 12.3. The van der Waals surface area contributed by atoms with Crippen LogP contribution < -0.4 is 11.1 Å². The van der Waals surface area contributed by atoms with E-state index in [1.165, 1.54) is 5.56 Å². The molecular formula is C16H22N4. The maximum absolute atomic E-state index is 6.05. The van der Waals surface area contributed by atoms with Crippen molar-refractivity contribution in [1.29, 1.82) is 0 Å². The summed E-state index contributed by atoms with van der Waals surface area (Å²) in [4.78, 5) is 8.34. The Morgan fingerprint density at radius 2 is 2.05 bits per heavy atom. The van der Waals surface area contributed by atoms with Crippen molar-refractivity contribution in [1.82, 2.24) is 15.3 Å². The summed E-state index contributed by atoms with van der Waals surface area (Å²) < 4.78 is 0. The van der Waals surface area contributed by atoms with Crippen LogP contribution in [0.25, 0.3) is 0 Å². The standard InChI is InChI=1S/C16H22N4/c1-3-6-19-15(10-13-4-7-18-8-5-13)14-9-12(2)11-20-16(14)17/h4-5,7-9,11,15,19H,3,6,10H2,1-2H3,(H2,17,20). The minimum Gasteiger partial charge on any atom is -0.383 e. The number of nitrogens with one attached hydrogen (secondary N) is 1. The fraction of sp³-hybridized carbons (Fsp3) is 0.375. The Hall–Kier alpha value is -1.94. The summed E-state index contributed by atoms with van der Waals surface area (Å²) in [5, 5.41) is 3.56. The van der Waals surface area contributed by atoms with Gasteiger partial charge in [0, 0.05) is 30.2 Å². The van der Waals surface area contributed by atoms with Crippen molar-refractivity contribution < 1.29 is 0 Å². The Balaban J connectivity index is 2.24. The summed E-state index contributed by atoms with van der Waals surface area (Å²) in [5.41, 5.74) is 9.51. The SMILES string of the molecule is CCCNC(Cc1ccncc1)c1cc(C)cnc1N. The van der Waals surface area contributed by atoms with E-state index in [0.29, 0.717) is 5.82 Å². The molecule has 0 spiro atoms. The van der Waals surface area contributed by atoms with Crippen molar-refractivity contribution in [2.24, 2.45) is 0 Å². The van der Waals surface area contributed by atoms with Gasteiger partial charge in [0.15, 0.2) is 0 Å². The molecule has 0 saturated heterocycles. The summed E-state index contributed by atoms with van der Waals surface area (Å²) in [6, 6.07) is 6.39. The molecule has 4 nitrogen and oxygen atoms in total. The van der Waals surface area contributed by atoms with Crippen LogP contribution >= 0.6 is 0 Å². The molecule has 2 aromatic heterocycles. The van der Waals surface area contributed by atoms with Gasteiger partial charge in [-0.05, 0) is 55.6 Å². The van der Waals surface area contributed by atoms with Crippen LogP contribution in [0, 0.1) is 6.92 Å². The minimum absolute atomic E-state index is 0.185. The zero-order valence-corrected chi connectivity index (χ0v) is 12.1. The first-order chi connectivity index (χ1) is 9.70. The highest BCUT2D eigenvalue weighted by molar-refractivity contribution is 5.43. The van der Waals surface area contributed by atoms with Gasteiger partial charge >= 0.3 is 0 Å². The van der Waals surface area contributed by atoms with Gasteiger partial charge in [-0.15, -0.1) is 0 Å². The van der Waals surface area contributed by atoms with Crippen LogP contribution in [0.1, 0.15) is 36.1 Å². The highest BCUT2D eigenvalue weighted by Gasteiger charge is 2.15. The van der Waals surface area contributed by atoms with E-state index in [4.69, 9.17) is 5.73 Å². The molecule has 0 radical (unpaired) electrons. The predicted molar refractivity (Wildman–Crippen MR) is 82.4 cm³/mol. The molecule has 2 rings (SSSR count). The van der Waals surface area contributed by atoms with Crippen molar-refractivity contribution >= 4 is 5.82 Å². The van der Waals surface area contributed by atoms with Crippen LogP contribution in [0.3, 0.4) is 0 Å². The van der Waals surface area contributed by atoms with Crippen LogP contribution in [0.2, 0.25) is 0 Å². The molecule has 1 atom stereocenters. The maximum Gasteiger partial charge on any atom is 0.128 e. The quantitative estimate of drug-likeness (QED) is 0.847. The number of hydrogen-bond acceptors (Lipinski definition) is 4. The monoisotopic (exact) mass is 270 g/mol. The van der Waals surface area contributed by atoms with Crippen molar-refractivity contribution in [2.75, 3.05) is 12.3 Å². The fourth-order valence-corrected chi connectivity index (χ4v) is 2.25. The molecule has 2 aromatic rings. The third-order valence-corrected chi connectivity index (χ3v) is 3.29. The van der Waals surface area contributed by atoms with Gasteiger partial charge in [0.2, 0.25) is 0 Å². The molecule has 0 saturated carbocycles. The Morgan fingerprint density at radius 3 is 2.75 bits per heavy atom. The predicted octanol–water partition coefficient (Wildman–Crippen LogP) is 2.65. The van der Waals surface area contributed by atoms with Crippen LogP contribution in [-0.2, 0) is 6.42 Å². The lowest BCUT2D eigenvalue weighted by atomic mass is 9.99. The molecule has 0 fully saturated rings. The number of anilines is 1. The number of nitrogens with two attached hydrogens (primary N) is 1. The zero-order chi connectivity index (χ0) is 14.4.